The molecule has 0 fully saturated rings. The zero-order chi connectivity index (χ0) is 26.0. The molecule has 0 saturated heterocycles. The van der Waals surface area contributed by atoms with Gasteiger partial charge in [-0.15, -0.1) is 13.2 Å². The van der Waals surface area contributed by atoms with Crippen LogP contribution in [-0.2, 0) is 0 Å². The van der Waals surface area contributed by atoms with Gasteiger partial charge >= 0.3 is 0 Å². The van der Waals surface area contributed by atoms with Crippen LogP contribution in [0.1, 0.15) is 24.5 Å². The Morgan fingerprint density at radius 2 is 1.63 bits per heavy atom. The Labute approximate surface area is 210 Å². The number of anilines is 1. The van der Waals surface area contributed by atoms with E-state index in [0.29, 0.717) is 0 Å². The highest BCUT2D eigenvalue weighted by molar-refractivity contribution is 6.36. The van der Waals surface area contributed by atoms with Crippen LogP contribution < -0.4 is 15.9 Å². The van der Waals surface area contributed by atoms with E-state index in [1.54, 1.807) is 0 Å². The third kappa shape index (κ3) is 7.04. The Bertz CT molecular complexity index is 1260. The molecule has 1 aromatic heterocycles. The van der Waals surface area contributed by atoms with Gasteiger partial charge in [0.1, 0.15) is 0 Å². The first kappa shape index (κ1) is 27.8. The number of fused-ring (bicyclic) bond motifs is 2. The Morgan fingerprint density at radius 1 is 0.971 bits per heavy atom. The van der Waals surface area contributed by atoms with Gasteiger partial charge in [-0.2, -0.15) is 0 Å². The molecule has 0 aliphatic carbocycles. The smallest absolute Gasteiger partial charge is 0.0909 e. The monoisotopic (exact) mass is 471 g/mol. The van der Waals surface area contributed by atoms with Gasteiger partial charge in [-0.3, -0.25) is 4.99 Å². The Kier molecular flexibility index (Phi) is 10.7. The average Bonchev–Trinajstić information content (AvgIpc) is 3.36. The van der Waals surface area contributed by atoms with Crippen molar-refractivity contribution < 1.29 is 0 Å². The van der Waals surface area contributed by atoms with E-state index in [2.05, 4.69) is 112 Å². The minimum Gasteiger partial charge on any atom is -0.355 e. The number of para-hydroxylation sites is 1. The number of nitrogens with one attached hydrogen (secondary N) is 2. The lowest BCUT2D eigenvalue weighted by atomic mass is 10.1. The molecule has 2 aromatic carbocycles. The number of hydrogen-bond acceptors (Lipinski definition) is 4. The molecule has 0 unspecified atom stereocenters. The van der Waals surface area contributed by atoms with E-state index in [-0.39, 0.29) is 0 Å². The lowest BCUT2D eigenvalue weighted by molar-refractivity contribution is 0.340. The summed E-state index contributed by atoms with van der Waals surface area (Å²) in [5.41, 5.74) is 6.42. The van der Waals surface area contributed by atoms with E-state index < -0.39 is 0 Å². The molecule has 0 bridgehead atoms. The van der Waals surface area contributed by atoms with Crippen molar-refractivity contribution in [3.63, 3.8) is 0 Å². The summed E-state index contributed by atoms with van der Waals surface area (Å²) in [5.74, 6) is 0. The van der Waals surface area contributed by atoms with E-state index in [1.165, 1.54) is 19.5 Å². The Balaban J connectivity index is 0.000000335. The first-order valence-corrected chi connectivity index (χ1v) is 12.0. The van der Waals surface area contributed by atoms with Crippen LogP contribution in [0.25, 0.3) is 29.3 Å². The second kappa shape index (κ2) is 13.5. The normalized spacial score (nSPS) is 14.8. The molecule has 0 spiro atoms. The predicted octanol–water partition coefficient (Wildman–Crippen LogP) is 4.57. The van der Waals surface area contributed by atoms with Crippen LogP contribution in [0.3, 0.4) is 0 Å². The highest BCUT2D eigenvalue weighted by atomic mass is 15.1. The Hall–Kier alpha value is -3.41. The molecular formula is C30H41N5. The quantitative estimate of drug-likeness (QED) is 0.518. The minimum absolute atomic E-state index is 0.738. The van der Waals surface area contributed by atoms with Crippen LogP contribution in [0.5, 0.6) is 0 Å². The first-order valence-electron chi connectivity index (χ1n) is 12.0. The van der Waals surface area contributed by atoms with Gasteiger partial charge in [0.2, 0.25) is 0 Å². The zero-order valence-electron chi connectivity index (χ0n) is 22.1. The maximum atomic E-state index is 4.75. The summed E-state index contributed by atoms with van der Waals surface area (Å²) in [5, 5.41) is 6.65. The lowest BCUT2D eigenvalue weighted by Gasteiger charge is -2.12. The molecule has 0 atom stereocenters. The minimum atomic E-state index is 0.738. The van der Waals surface area contributed by atoms with Crippen molar-refractivity contribution in [3.8, 4) is 0 Å². The molecule has 186 valence electrons. The highest BCUT2D eigenvalue weighted by Crippen LogP contribution is 2.28. The summed E-state index contributed by atoms with van der Waals surface area (Å²) in [6.07, 6.45) is 3.13. The van der Waals surface area contributed by atoms with Crippen LogP contribution in [0.15, 0.2) is 67.2 Å². The maximum Gasteiger partial charge on any atom is 0.0909 e. The van der Waals surface area contributed by atoms with E-state index in [1.807, 2.05) is 18.2 Å². The summed E-state index contributed by atoms with van der Waals surface area (Å²) < 4.78 is 0. The molecule has 35 heavy (non-hydrogen) atoms. The summed E-state index contributed by atoms with van der Waals surface area (Å²) in [7, 11) is 8.43. The van der Waals surface area contributed by atoms with Crippen LogP contribution in [0.4, 0.5) is 5.69 Å². The van der Waals surface area contributed by atoms with Crippen molar-refractivity contribution in [2.45, 2.75) is 13.3 Å². The van der Waals surface area contributed by atoms with Gasteiger partial charge in [0.25, 0.3) is 0 Å². The molecular weight excluding hydrogens is 430 g/mol. The van der Waals surface area contributed by atoms with Gasteiger partial charge in [0.05, 0.1) is 11.4 Å². The van der Waals surface area contributed by atoms with Crippen molar-refractivity contribution in [1.82, 2.24) is 14.8 Å². The molecule has 0 amide bonds. The zero-order valence-corrected chi connectivity index (χ0v) is 22.1. The van der Waals surface area contributed by atoms with E-state index in [4.69, 9.17) is 4.99 Å². The summed E-state index contributed by atoms with van der Waals surface area (Å²) in [6, 6.07) is 14.5. The van der Waals surface area contributed by atoms with Crippen LogP contribution in [-0.4, -0.2) is 68.3 Å². The number of aromatic amines is 1. The number of hydrogen-bond donors (Lipinski definition) is 2. The summed E-state index contributed by atoms with van der Waals surface area (Å²) >= 11 is 0. The van der Waals surface area contributed by atoms with Crippen molar-refractivity contribution in [2.75, 3.05) is 53.1 Å². The third-order valence-corrected chi connectivity index (χ3v) is 5.59. The number of aromatic nitrogens is 1. The van der Waals surface area contributed by atoms with Gasteiger partial charge in [-0.05, 0) is 78.4 Å². The van der Waals surface area contributed by atoms with E-state index in [0.717, 1.165) is 56.2 Å². The average molecular weight is 472 g/mol. The molecule has 1 aliphatic rings. The first-order chi connectivity index (χ1) is 16.8. The molecule has 0 saturated carbocycles. The fourth-order valence-corrected chi connectivity index (χ4v) is 4.01. The van der Waals surface area contributed by atoms with Crippen molar-refractivity contribution in [1.29, 1.82) is 0 Å². The Morgan fingerprint density at radius 3 is 2.23 bits per heavy atom. The van der Waals surface area contributed by atoms with Crippen LogP contribution >= 0.6 is 0 Å². The van der Waals surface area contributed by atoms with Crippen molar-refractivity contribution >= 4 is 40.7 Å². The predicted molar refractivity (Wildman–Crippen MR) is 157 cm³/mol. The largest absolute Gasteiger partial charge is 0.355 e. The molecule has 2 N–H and O–H groups in total. The molecule has 0 radical (unpaired) electrons. The van der Waals surface area contributed by atoms with E-state index in [9.17, 15) is 0 Å². The third-order valence-electron chi connectivity index (χ3n) is 5.59. The number of H-pyrrole nitrogens is 1. The molecule has 1 aliphatic heterocycles. The number of benzene rings is 2. The number of rotatable bonds is 6. The number of nitrogens with zero attached hydrogens (tertiary/aromatic N) is 3. The molecule has 3 aromatic rings. The molecule has 5 heteroatoms. The highest BCUT2D eigenvalue weighted by Gasteiger charge is 2.23. The topological polar surface area (TPSA) is 46.7 Å². The second-order valence-corrected chi connectivity index (χ2v) is 8.82. The molecule has 2 heterocycles. The van der Waals surface area contributed by atoms with Crippen LogP contribution in [0.2, 0.25) is 0 Å². The van der Waals surface area contributed by atoms with E-state index >= 15 is 0 Å². The lowest BCUT2D eigenvalue weighted by Crippen LogP contribution is -2.28. The summed E-state index contributed by atoms with van der Waals surface area (Å²) in [4.78, 5) is 12.6. The fourth-order valence-electron chi connectivity index (χ4n) is 4.01. The SMILES string of the molecule is C=C.C=Cc1ccc2[nH]c(=C)/c(=C3\Nc4ccccc4C3=NCC)c2c1.CN(C)CCCN(C)C. The maximum absolute atomic E-state index is 4.75. The standard InChI is InChI=1S/C21H19N3.C7H18N2.C2H4/c1-4-14-10-11-18-16(12-14)19(13(3)23-18)21-20(22-5-2)15-8-6-7-9-17(15)24-21;1-8(2)6-5-7-9(3)4;1-2/h4,6-12,23-24H,1,3,5H2,2H3;5-7H2,1-4H3;1-2H2/b21-19+,22-20?;;. The van der Waals surface area contributed by atoms with Crippen LogP contribution in [0, 0.1) is 0 Å². The summed E-state index contributed by atoms with van der Waals surface area (Å²) in [6.45, 7) is 19.3. The van der Waals surface area contributed by atoms with Gasteiger partial charge < -0.3 is 20.1 Å². The van der Waals surface area contributed by atoms with Crippen molar-refractivity contribution in [3.05, 3.63) is 83.9 Å². The molecule has 5 nitrogen and oxygen atoms in total. The van der Waals surface area contributed by atoms with Gasteiger partial charge in [-0.1, -0.05) is 43.5 Å². The van der Waals surface area contributed by atoms with Gasteiger partial charge in [0, 0.05) is 39.3 Å². The van der Waals surface area contributed by atoms with Crippen molar-refractivity contribution in [2.24, 2.45) is 4.99 Å². The van der Waals surface area contributed by atoms with Gasteiger partial charge in [0.15, 0.2) is 0 Å². The molecule has 4 rings (SSSR count). The fraction of sp³-hybridized carbons (Fsp3) is 0.300. The second-order valence-electron chi connectivity index (χ2n) is 8.82. The van der Waals surface area contributed by atoms with Gasteiger partial charge in [-0.25, -0.2) is 0 Å². The number of aliphatic imine (C=N–C) groups is 1.